The van der Waals surface area contributed by atoms with Gasteiger partial charge in [0.25, 0.3) is 5.91 Å². The molecule has 1 amide bonds. The van der Waals surface area contributed by atoms with Crippen LogP contribution >= 0.6 is 0 Å². The van der Waals surface area contributed by atoms with Crippen molar-refractivity contribution < 1.29 is 17.9 Å². The normalized spacial score (nSPS) is 25.5. The summed E-state index contributed by atoms with van der Waals surface area (Å²) < 4.78 is 32.2. The second kappa shape index (κ2) is 7.64. The Balaban J connectivity index is 1.79. The molecule has 2 fully saturated rings. The molecule has 1 aliphatic heterocycles. The topological polar surface area (TPSA) is 102 Å². The Hall–Kier alpha value is -1.48. The van der Waals surface area contributed by atoms with Gasteiger partial charge in [-0.2, -0.15) is 0 Å². The van der Waals surface area contributed by atoms with Crippen molar-refractivity contribution in [2.45, 2.75) is 30.7 Å². The second-order valence-corrected chi connectivity index (χ2v) is 9.01. The predicted octanol–water partition coefficient (Wildman–Crippen LogP) is 0.729. The van der Waals surface area contributed by atoms with Crippen molar-refractivity contribution >= 4 is 15.9 Å². The van der Waals surface area contributed by atoms with Crippen molar-refractivity contribution in [1.29, 1.82) is 0 Å². The van der Waals surface area contributed by atoms with E-state index in [9.17, 15) is 13.2 Å². The van der Waals surface area contributed by atoms with Gasteiger partial charge in [-0.3, -0.25) is 4.79 Å². The summed E-state index contributed by atoms with van der Waals surface area (Å²) in [7, 11) is -2.17. The van der Waals surface area contributed by atoms with Crippen LogP contribution in [0, 0.1) is 18.8 Å². The van der Waals surface area contributed by atoms with E-state index in [-0.39, 0.29) is 30.0 Å². The molecule has 2 aliphatic rings. The minimum Gasteiger partial charge on any atom is -0.383 e. The first-order chi connectivity index (χ1) is 12.3. The number of benzene rings is 1. The molecule has 1 aromatic rings. The number of amides is 1. The number of likely N-dealkylation sites (tertiary alicyclic amines) is 1. The molecule has 1 saturated heterocycles. The maximum absolute atomic E-state index is 13.0. The molecule has 26 heavy (non-hydrogen) atoms. The average Bonchev–Trinajstić information content (AvgIpc) is 3.17. The van der Waals surface area contributed by atoms with E-state index in [4.69, 9.17) is 10.5 Å². The zero-order valence-electron chi connectivity index (χ0n) is 15.3. The largest absolute Gasteiger partial charge is 0.383 e. The molecule has 0 spiro atoms. The molecule has 3 atom stereocenters. The fourth-order valence-electron chi connectivity index (χ4n) is 4.00. The number of carbonyl (C=O) groups is 1. The lowest BCUT2D eigenvalue weighted by Crippen LogP contribution is -2.34. The minimum atomic E-state index is -3.67. The van der Waals surface area contributed by atoms with Crippen molar-refractivity contribution in [2.24, 2.45) is 17.6 Å². The first-order valence-corrected chi connectivity index (χ1v) is 10.5. The molecule has 1 aliphatic carbocycles. The smallest absolute Gasteiger partial charge is 0.254 e. The summed E-state index contributed by atoms with van der Waals surface area (Å²) in [4.78, 5) is 14.9. The van der Waals surface area contributed by atoms with Crippen molar-refractivity contribution in [2.75, 3.05) is 33.4 Å². The summed E-state index contributed by atoms with van der Waals surface area (Å²) in [6, 6.07) is 4.84. The van der Waals surface area contributed by atoms with Crippen LogP contribution in [0.3, 0.4) is 0 Å². The summed E-state index contributed by atoms with van der Waals surface area (Å²) in [5.41, 5.74) is 7.36. The molecule has 0 radical (unpaired) electrons. The van der Waals surface area contributed by atoms with Gasteiger partial charge < -0.3 is 15.4 Å². The maximum atomic E-state index is 13.0. The van der Waals surface area contributed by atoms with Crippen molar-refractivity contribution in [3.8, 4) is 0 Å². The van der Waals surface area contributed by atoms with Crippen LogP contribution in [-0.4, -0.2) is 58.6 Å². The number of hydrogen-bond donors (Lipinski definition) is 2. The van der Waals surface area contributed by atoms with Gasteiger partial charge in [0.2, 0.25) is 10.0 Å². The quantitative estimate of drug-likeness (QED) is 0.708. The molecule has 144 valence electrons. The van der Waals surface area contributed by atoms with E-state index in [1.807, 2.05) is 11.8 Å². The van der Waals surface area contributed by atoms with Crippen LogP contribution in [0.4, 0.5) is 0 Å². The number of nitrogens with two attached hydrogens (primary N) is 1. The first kappa shape index (κ1) is 19.3. The van der Waals surface area contributed by atoms with Gasteiger partial charge >= 0.3 is 0 Å². The number of rotatable bonds is 6. The highest BCUT2D eigenvalue weighted by molar-refractivity contribution is 7.89. The van der Waals surface area contributed by atoms with E-state index in [1.165, 1.54) is 19.2 Å². The fourth-order valence-corrected chi connectivity index (χ4v) is 5.04. The fraction of sp³-hybridized carbons (Fsp3) is 0.611. The molecule has 8 heteroatoms. The molecule has 7 nitrogen and oxygen atoms in total. The second-order valence-electron chi connectivity index (χ2n) is 7.24. The molecule has 3 N–H and O–H groups in total. The van der Waals surface area contributed by atoms with Gasteiger partial charge in [0.1, 0.15) is 0 Å². The Morgan fingerprint density at radius 1 is 1.35 bits per heavy atom. The number of nitrogens with one attached hydrogen (secondary N) is 1. The first-order valence-electron chi connectivity index (χ1n) is 8.97. The molecule has 3 rings (SSSR count). The van der Waals surface area contributed by atoms with Crippen LogP contribution in [0.1, 0.15) is 28.8 Å². The van der Waals surface area contributed by atoms with Crippen LogP contribution in [0.25, 0.3) is 0 Å². The maximum Gasteiger partial charge on any atom is 0.254 e. The number of methoxy groups -OCH3 is 1. The Kier molecular flexibility index (Phi) is 5.67. The number of aryl methyl sites for hydroxylation is 1. The van der Waals surface area contributed by atoms with Gasteiger partial charge in [0.05, 0.1) is 11.5 Å². The van der Waals surface area contributed by atoms with E-state index >= 15 is 0 Å². The number of fused-ring (bicyclic) bond motifs is 1. The Bertz CT molecular complexity index is 781. The minimum absolute atomic E-state index is 0.0960. The monoisotopic (exact) mass is 381 g/mol. The molecule has 1 aromatic carbocycles. The van der Waals surface area contributed by atoms with Gasteiger partial charge in [-0.1, -0.05) is 6.07 Å². The van der Waals surface area contributed by atoms with Gasteiger partial charge in [0.15, 0.2) is 0 Å². The van der Waals surface area contributed by atoms with Crippen LogP contribution in [0.5, 0.6) is 0 Å². The van der Waals surface area contributed by atoms with E-state index < -0.39 is 10.0 Å². The van der Waals surface area contributed by atoms with Crippen LogP contribution in [-0.2, 0) is 14.8 Å². The SMILES string of the molecule is COCCNS(=O)(=O)c1ccc(C)c(C(=O)N2CC3CCC(N)C3C2)c1. The number of hydrogen-bond acceptors (Lipinski definition) is 5. The standard InChI is InChI=1S/C18H27N3O4S/c1-12-3-5-14(26(23,24)20-7-8-25-2)9-15(12)18(22)21-10-13-4-6-17(19)16(13)11-21/h3,5,9,13,16-17,20H,4,6-8,10-11,19H2,1-2H3. The molecule has 1 saturated carbocycles. The van der Waals surface area contributed by atoms with E-state index in [0.717, 1.165) is 18.4 Å². The lowest BCUT2D eigenvalue weighted by molar-refractivity contribution is 0.0778. The number of carbonyl (C=O) groups excluding carboxylic acids is 1. The van der Waals surface area contributed by atoms with E-state index in [2.05, 4.69) is 4.72 Å². The predicted molar refractivity (Wildman–Crippen MR) is 98.3 cm³/mol. The van der Waals surface area contributed by atoms with Crippen LogP contribution < -0.4 is 10.5 Å². The van der Waals surface area contributed by atoms with Gasteiger partial charge in [-0.25, -0.2) is 13.1 Å². The van der Waals surface area contributed by atoms with Crippen molar-refractivity contribution in [1.82, 2.24) is 9.62 Å². The Morgan fingerprint density at radius 2 is 2.12 bits per heavy atom. The Morgan fingerprint density at radius 3 is 2.81 bits per heavy atom. The van der Waals surface area contributed by atoms with E-state index in [1.54, 1.807) is 6.07 Å². The zero-order valence-corrected chi connectivity index (χ0v) is 16.1. The molecule has 3 unspecified atom stereocenters. The molecule has 0 bridgehead atoms. The summed E-state index contributed by atoms with van der Waals surface area (Å²) in [6.45, 7) is 3.66. The Labute approximate surface area is 154 Å². The number of nitrogens with zero attached hydrogens (tertiary/aromatic N) is 1. The highest BCUT2D eigenvalue weighted by Gasteiger charge is 2.42. The molecular formula is C18H27N3O4S. The van der Waals surface area contributed by atoms with Gasteiger partial charge in [-0.05, 0) is 49.3 Å². The third-order valence-electron chi connectivity index (χ3n) is 5.55. The van der Waals surface area contributed by atoms with Crippen molar-refractivity contribution in [3.63, 3.8) is 0 Å². The molecule has 1 heterocycles. The zero-order chi connectivity index (χ0) is 18.9. The lowest BCUT2D eigenvalue weighted by atomic mass is 9.98. The summed E-state index contributed by atoms with van der Waals surface area (Å²) in [5.74, 6) is 0.719. The van der Waals surface area contributed by atoms with Crippen LogP contribution in [0.2, 0.25) is 0 Å². The summed E-state index contributed by atoms with van der Waals surface area (Å²) >= 11 is 0. The number of sulfonamides is 1. The van der Waals surface area contributed by atoms with Gasteiger partial charge in [0, 0.05) is 38.3 Å². The highest BCUT2D eigenvalue weighted by atomic mass is 32.2. The van der Waals surface area contributed by atoms with Crippen molar-refractivity contribution in [3.05, 3.63) is 29.3 Å². The summed E-state index contributed by atoms with van der Waals surface area (Å²) in [5, 5.41) is 0. The van der Waals surface area contributed by atoms with E-state index in [0.29, 0.717) is 30.5 Å². The highest BCUT2D eigenvalue weighted by Crippen LogP contribution is 2.37. The summed E-state index contributed by atoms with van der Waals surface area (Å²) in [6.07, 6.45) is 2.09. The number of ether oxygens (including phenoxy) is 1. The van der Waals surface area contributed by atoms with Gasteiger partial charge in [-0.15, -0.1) is 0 Å². The average molecular weight is 381 g/mol. The lowest BCUT2D eigenvalue weighted by Gasteiger charge is -2.20. The third-order valence-corrected chi connectivity index (χ3v) is 7.01. The van der Waals surface area contributed by atoms with Crippen LogP contribution in [0.15, 0.2) is 23.1 Å². The molecular weight excluding hydrogens is 354 g/mol. The molecule has 0 aromatic heterocycles. The third kappa shape index (κ3) is 3.78.